The highest BCUT2D eigenvalue weighted by Gasteiger charge is 2.73. The number of ether oxygens (including phenoxy) is 1. The molecule has 5 rings (SSSR count). The van der Waals surface area contributed by atoms with E-state index < -0.39 is 11.0 Å². The molecule has 0 aliphatic heterocycles. The number of carbonyl (C=O) groups excluding carboxylic acids is 2. The van der Waals surface area contributed by atoms with Crippen LogP contribution in [0.1, 0.15) is 84.3 Å². The van der Waals surface area contributed by atoms with Crippen molar-refractivity contribution in [1.82, 2.24) is 10.6 Å². The quantitative estimate of drug-likeness (QED) is 0.415. The minimum absolute atomic E-state index is 0.0703. The molecule has 1 aromatic rings. The Hall–Kier alpha value is -1.79. The van der Waals surface area contributed by atoms with Gasteiger partial charge < -0.3 is 20.5 Å². The van der Waals surface area contributed by atoms with E-state index in [-0.39, 0.29) is 41.4 Å². The van der Waals surface area contributed by atoms with Crippen LogP contribution >= 0.6 is 11.6 Å². The summed E-state index contributed by atoms with van der Waals surface area (Å²) in [5.74, 6) is 0.793. The van der Waals surface area contributed by atoms with Crippen LogP contribution < -0.4 is 10.6 Å². The highest BCUT2D eigenvalue weighted by Crippen LogP contribution is 2.67. The molecular weight excluding hydrogens is 464 g/mol. The molecule has 0 heterocycles. The Bertz CT molecular complexity index is 997. The average Bonchev–Trinajstić information content (AvgIpc) is 3.50. The molecule has 1 aromatic carbocycles. The summed E-state index contributed by atoms with van der Waals surface area (Å²) < 4.78 is 4.92. The van der Waals surface area contributed by atoms with E-state index in [0.717, 1.165) is 17.5 Å². The zero-order chi connectivity index (χ0) is 26.0. The second kappa shape index (κ2) is 8.65. The van der Waals surface area contributed by atoms with Gasteiger partial charge in [-0.3, -0.25) is 4.79 Å². The van der Waals surface area contributed by atoms with Crippen molar-refractivity contribution in [3.63, 3.8) is 0 Å². The molecule has 2 bridgehead atoms. The first-order valence-electron chi connectivity index (χ1n) is 12.8. The lowest BCUT2D eigenvalue weighted by molar-refractivity contribution is -0.199. The fourth-order valence-electron chi connectivity index (χ4n) is 6.95. The van der Waals surface area contributed by atoms with Gasteiger partial charge in [0.05, 0.1) is 18.1 Å². The van der Waals surface area contributed by atoms with Crippen molar-refractivity contribution in [3.05, 3.63) is 34.3 Å². The van der Waals surface area contributed by atoms with Gasteiger partial charge in [0, 0.05) is 23.1 Å². The summed E-state index contributed by atoms with van der Waals surface area (Å²) in [6, 6.07) is 5.83. The van der Waals surface area contributed by atoms with Crippen molar-refractivity contribution in [2.45, 2.75) is 84.2 Å². The minimum Gasteiger partial charge on any atom is -0.469 e. The van der Waals surface area contributed by atoms with Gasteiger partial charge in [0.15, 0.2) is 0 Å². The van der Waals surface area contributed by atoms with Crippen molar-refractivity contribution in [2.75, 3.05) is 13.7 Å². The number of amides is 2. The molecule has 0 spiro atoms. The summed E-state index contributed by atoms with van der Waals surface area (Å²) >= 11 is 6.82. The number of aliphatic hydroxyl groups is 1. The molecule has 0 saturated heterocycles. The molecule has 3 N–H and O–H groups in total. The molecule has 4 atom stereocenters. The lowest BCUT2D eigenvalue weighted by Crippen LogP contribution is -2.78. The molecule has 0 aromatic heterocycles. The molecule has 35 heavy (non-hydrogen) atoms. The standard InChI is InChI=1S/C28H41ClN2O4/c1-16(2)21(12-32)26(6,30-24(34)31-28-13-27(14-28,15-28)23(33)35-7)17-8-9-18(22(29)10-17)19-11-20(19)25(3,4)5/h8-10,16,19-21,32H,11-15H2,1-7H3,(H2,30,31,34)/t19-,20?,21?,26-,27?,28?/m0/s1. The predicted molar refractivity (Wildman–Crippen MR) is 137 cm³/mol. The zero-order valence-electron chi connectivity index (χ0n) is 22.1. The number of hydrogen-bond donors (Lipinski definition) is 3. The molecule has 4 aliphatic carbocycles. The van der Waals surface area contributed by atoms with Crippen LogP contribution in [0.3, 0.4) is 0 Å². The van der Waals surface area contributed by atoms with Crippen molar-refractivity contribution in [3.8, 4) is 0 Å². The Kier molecular flexibility index (Phi) is 6.50. The fourth-order valence-corrected chi connectivity index (χ4v) is 7.27. The number of halogens is 1. The highest BCUT2D eigenvalue weighted by molar-refractivity contribution is 6.31. The summed E-state index contributed by atoms with van der Waals surface area (Å²) in [6.07, 6.45) is 2.98. The summed E-state index contributed by atoms with van der Waals surface area (Å²) in [6.45, 7) is 12.8. The lowest BCUT2D eigenvalue weighted by atomic mass is 9.39. The van der Waals surface area contributed by atoms with Crippen LogP contribution in [0, 0.1) is 28.6 Å². The summed E-state index contributed by atoms with van der Waals surface area (Å²) in [4.78, 5) is 25.2. The van der Waals surface area contributed by atoms with E-state index in [4.69, 9.17) is 16.3 Å². The van der Waals surface area contributed by atoms with E-state index in [9.17, 15) is 14.7 Å². The fraction of sp³-hybridized carbons (Fsp3) is 0.714. The SMILES string of the molecule is COC(=O)C12CC(NC(=O)N[C@@](C)(c3ccc([C@@H]4CC4C(C)(C)C)c(Cl)c3)C(CO)C(C)C)(C1)C2. The predicted octanol–water partition coefficient (Wildman–Crippen LogP) is 5.36. The van der Waals surface area contributed by atoms with Gasteiger partial charge in [-0.2, -0.15) is 0 Å². The van der Waals surface area contributed by atoms with E-state index >= 15 is 0 Å². The first-order chi connectivity index (χ1) is 16.2. The number of hydrogen-bond acceptors (Lipinski definition) is 4. The number of carbonyl (C=O) groups is 2. The third-order valence-corrected chi connectivity index (χ3v) is 9.37. The number of rotatable bonds is 8. The van der Waals surface area contributed by atoms with E-state index in [1.54, 1.807) is 0 Å². The van der Waals surface area contributed by atoms with Gasteiger partial charge in [-0.25, -0.2) is 4.79 Å². The van der Waals surface area contributed by atoms with Gasteiger partial charge >= 0.3 is 12.0 Å². The Morgan fingerprint density at radius 2 is 1.83 bits per heavy atom. The van der Waals surface area contributed by atoms with Crippen LogP contribution in [0.4, 0.5) is 4.79 Å². The van der Waals surface area contributed by atoms with E-state index in [2.05, 4.69) is 43.5 Å². The number of urea groups is 1. The Labute approximate surface area is 214 Å². The zero-order valence-corrected chi connectivity index (χ0v) is 22.9. The molecule has 4 aliphatic rings. The van der Waals surface area contributed by atoms with Gasteiger partial charge in [0.25, 0.3) is 0 Å². The van der Waals surface area contributed by atoms with Crippen LogP contribution in [-0.4, -0.2) is 36.4 Å². The Morgan fingerprint density at radius 1 is 1.20 bits per heavy atom. The van der Waals surface area contributed by atoms with Gasteiger partial charge in [-0.05, 0) is 73.0 Å². The van der Waals surface area contributed by atoms with E-state index in [0.29, 0.717) is 36.1 Å². The first kappa shape index (κ1) is 26.3. The maximum atomic E-state index is 13.2. The monoisotopic (exact) mass is 504 g/mol. The summed E-state index contributed by atoms with van der Waals surface area (Å²) in [5.41, 5.74) is 0.690. The smallest absolute Gasteiger partial charge is 0.315 e. The number of esters is 1. The normalized spacial score (nSPS) is 31.5. The molecule has 7 heteroatoms. The van der Waals surface area contributed by atoms with Gasteiger partial charge in [-0.15, -0.1) is 0 Å². The van der Waals surface area contributed by atoms with Crippen LogP contribution in [0.25, 0.3) is 0 Å². The highest BCUT2D eigenvalue weighted by atomic mass is 35.5. The third kappa shape index (κ3) is 4.46. The molecule has 2 unspecified atom stereocenters. The molecule has 4 saturated carbocycles. The van der Waals surface area contributed by atoms with Crippen molar-refractivity contribution < 1.29 is 19.4 Å². The van der Waals surface area contributed by atoms with Crippen molar-refractivity contribution in [1.29, 1.82) is 0 Å². The number of nitrogens with one attached hydrogen (secondary N) is 2. The average molecular weight is 505 g/mol. The van der Waals surface area contributed by atoms with Crippen molar-refractivity contribution >= 4 is 23.6 Å². The first-order valence-corrected chi connectivity index (χ1v) is 13.2. The maximum Gasteiger partial charge on any atom is 0.315 e. The van der Waals surface area contributed by atoms with Crippen LogP contribution in [0.5, 0.6) is 0 Å². The largest absolute Gasteiger partial charge is 0.469 e. The second-order valence-corrected chi connectivity index (χ2v) is 13.4. The summed E-state index contributed by atoms with van der Waals surface area (Å²) in [5, 5.41) is 17.3. The topological polar surface area (TPSA) is 87.7 Å². The molecule has 6 nitrogen and oxygen atoms in total. The third-order valence-electron chi connectivity index (χ3n) is 9.05. The molecule has 2 amide bonds. The maximum absolute atomic E-state index is 13.2. The van der Waals surface area contributed by atoms with Crippen LogP contribution in [-0.2, 0) is 15.1 Å². The van der Waals surface area contributed by atoms with Gasteiger partial charge in [0.2, 0.25) is 0 Å². The number of aliphatic hydroxyl groups excluding tert-OH is 1. The molecular formula is C28H41ClN2O4. The van der Waals surface area contributed by atoms with Crippen LogP contribution in [0.2, 0.25) is 5.02 Å². The Balaban J connectivity index is 1.53. The van der Waals surface area contributed by atoms with Crippen molar-refractivity contribution in [2.24, 2.45) is 28.6 Å². The van der Waals surface area contributed by atoms with Crippen LogP contribution in [0.15, 0.2) is 18.2 Å². The number of methoxy groups -OCH3 is 1. The molecule has 194 valence electrons. The van der Waals surface area contributed by atoms with E-state index in [1.165, 1.54) is 7.11 Å². The molecule has 4 fully saturated rings. The minimum atomic E-state index is -0.828. The van der Waals surface area contributed by atoms with Gasteiger partial charge in [-0.1, -0.05) is 58.4 Å². The van der Waals surface area contributed by atoms with E-state index in [1.807, 2.05) is 26.8 Å². The van der Waals surface area contributed by atoms with Gasteiger partial charge in [0.1, 0.15) is 0 Å². The summed E-state index contributed by atoms with van der Waals surface area (Å²) in [7, 11) is 1.41. The molecule has 0 radical (unpaired) electrons. The second-order valence-electron chi connectivity index (χ2n) is 12.9. The number of benzene rings is 1. The lowest BCUT2D eigenvalue weighted by Gasteiger charge is -2.68. The Morgan fingerprint density at radius 3 is 2.29 bits per heavy atom.